The van der Waals surface area contributed by atoms with Crippen LogP contribution in [-0.2, 0) is 6.54 Å². The lowest BCUT2D eigenvalue weighted by Gasteiger charge is -2.14. The molecule has 1 saturated heterocycles. The molecule has 2 aromatic rings. The van der Waals surface area contributed by atoms with Crippen LogP contribution in [0.1, 0.15) is 43.0 Å². The van der Waals surface area contributed by atoms with E-state index in [2.05, 4.69) is 15.2 Å². The number of likely N-dealkylation sites (tertiary alicyclic amines) is 1. The number of fused-ring (bicyclic) bond motifs is 1. The number of amides is 1. The smallest absolute Gasteiger partial charge is 0.328 e. The lowest BCUT2D eigenvalue weighted by molar-refractivity contribution is 0.0952. The Morgan fingerprint density at radius 2 is 1.96 bits per heavy atom. The molecule has 0 aliphatic carbocycles. The topological polar surface area (TPSA) is 87.2 Å². The standard InChI is InChI=1S/C19H26N4O3/c1-2-9-23-18(25)15-7-6-14(13-16(15)21-19(23)26)17(24)20-8-5-12-22-10-3-4-11-22/h6-7,13H,2-5,8-12H2,1H3,(H,20,24)(H,21,26). The normalized spacial score (nSPS) is 14.8. The second kappa shape index (κ2) is 8.31. The molecular formula is C19H26N4O3. The predicted octanol–water partition coefficient (Wildman–Crippen LogP) is 1.32. The molecule has 26 heavy (non-hydrogen) atoms. The molecule has 7 nitrogen and oxygen atoms in total. The van der Waals surface area contributed by atoms with Crippen LogP contribution >= 0.6 is 0 Å². The van der Waals surface area contributed by atoms with Crippen molar-refractivity contribution in [3.63, 3.8) is 0 Å². The SMILES string of the molecule is CCCn1c(=O)[nH]c2cc(C(=O)NCCCN3CCCC3)ccc2c1=O. The highest BCUT2D eigenvalue weighted by Crippen LogP contribution is 2.10. The largest absolute Gasteiger partial charge is 0.352 e. The highest BCUT2D eigenvalue weighted by molar-refractivity contribution is 5.97. The van der Waals surface area contributed by atoms with E-state index < -0.39 is 5.69 Å². The molecule has 1 aliphatic rings. The minimum atomic E-state index is -0.437. The second-order valence-corrected chi connectivity index (χ2v) is 6.81. The Morgan fingerprint density at radius 3 is 2.69 bits per heavy atom. The van der Waals surface area contributed by atoms with Gasteiger partial charge >= 0.3 is 5.69 Å². The zero-order chi connectivity index (χ0) is 18.5. The van der Waals surface area contributed by atoms with Gasteiger partial charge < -0.3 is 15.2 Å². The van der Waals surface area contributed by atoms with Crippen molar-refractivity contribution in [2.45, 2.75) is 39.2 Å². The third kappa shape index (κ3) is 4.04. The van der Waals surface area contributed by atoms with E-state index >= 15 is 0 Å². The van der Waals surface area contributed by atoms with Crippen molar-refractivity contribution >= 4 is 16.8 Å². The molecule has 1 fully saturated rings. The summed E-state index contributed by atoms with van der Waals surface area (Å²) in [4.78, 5) is 41.9. The van der Waals surface area contributed by atoms with E-state index in [9.17, 15) is 14.4 Å². The van der Waals surface area contributed by atoms with Crippen molar-refractivity contribution in [2.24, 2.45) is 0 Å². The molecule has 2 N–H and O–H groups in total. The highest BCUT2D eigenvalue weighted by Gasteiger charge is 2.12. The quantitative estimate of drug-likeness (QED) is 0.731. The van der Waals surface area contributed by atoms with Gasteiger partial charge in [0.25, 0.3) is 11.5 Å². The van der Waals surface area contributed by atoms with Crippen molar-refractivity contribution in [3.8, 4) is 0 Å². The Bertz CT molecular complexity index is 894. The summed E-state index contributed by atoms with van der Waals surface area (Å²) >= 11 is 0. The maximum absolute atomic E-state index is 12.4. The zero-order valence-electron chi connectivity index (χ0n) is 15.2. The third-order valence-corrected chi connectivity index (χ3v) is 4.83. The third-order valence-electron chi connectivity index (χ3n) is 4.83. The van der Waals surface area contributed by atoms with Crippen molar-refractivity contribution in [2.75, 3.05) is 26.2 Å². The van der Waals surface area contributed by atoms with E-state index in [0.717, 1.165) is 26.1 Å². The summed E-state index contributed by atoms with van der Waals surface area (Å²) in [6.07, 6.45) is 4.15. The summed E-state index contributed by atoms with van der Waals surface area (Å²) < 4.78 is 1.19. The molecule has 1 aromatic heterocycles. The lowest BCUT2D eigenvalue weighted by atomic mass is 10.1. The maximum atomic E-state index is 12.4. The number of hydrogen-bond acceptors (Lipinski definition) is 4. The summed E-state index contributed by atoms with van der Waals surface area (Å²) in [7, 11) is 0. The van der Waals surface area contributed by atoms with Crippen molar-refractivity contribution in [3.05, 3.63) is 44.6 Å². The van der Waals surface area contributed by atoms with Gasteiger partial charge in [-0.25, -0.2) is 4.79 Å². The van der Waals surface area contributed by atoms with Gasteiger partial charge in [-0.1, -0.05) is 6.92 Å². The van der Waals surface area contributed by atoms with E-state index in [0.29, 0.717) is 36.0 Å². The first-order valence-corrected chi connectivity index (χ1v) is 9.37. The van der Waals surface area contributed by atoms with E-state index in [1.54, 1.807) is 18.2 Å². The van der Waals surface area contributed by atoms with Gasteiger partial charge in [0.05, 0.1) is 10.9 Å². The molecule has 1 aliphatic heterocycles. The Morgan fingerprint density at radius 1 is 1.19 bits per heavy atom. The van der Waals surface area contributed by atoms with Gasteiger partial charge in [-0.2, -0.15) is 0 Å². The molecule has 0 bridgehead atoms. The van der Waals surface area contributed by atoms with Gasteiger partial charge in [0.1, 0.15) is 0 Å². The Hall–Kier alpha value is -2.41. The van der Waals surface area contributed by atoms with Crippen LogP contribution < -0.4 is 16.6 Å². The van der Waals surface area contributed by atoms with Gasteiger partial charge in [0.15, 0.2) is 0 Å². The average molecular weight is 358 g/mol. The fraction of sp³-hybridized carbons (Fsp3) is 0.526. The number of nitrogens with one attached hydrogen (secondary N) is 2. The van der Waals surface area contributed by atoms with E-state index in [-0.39, 0.29) is 11.5 Å². The summed E-state index contributed by atoms with van der Waals surface area (Å²) in [6, 6.07) is 4.82. The van der Waals surface area contributed by atoms with Crippen LogP contribution in [0, 0.1) is 0 Å². The van der Waals surface area contributed by atoms with Gasteiger partial charge in [0.2, 0.25) is 0 Å². The Balaban J connectivity index is 1.68. The molecule has 1 amide bonds. The van der Waals surface area contributed by atoms with Gasteiger partial charge in [-0.3, -0.25) is 14.2 Å². The fourth-order valence-corrected chi connectivity index (χ4v) is 3.44. The number of carbonyl (C=O) groups is 1. The fourth-order valence-electron chi connectivity index (χ4n) is 3.44. The first kappa shape index (κ1) is 18.4. The summed E-state index contributed by atoms with van der Waals surface area (Å²) in [5.41, 5.74) is 0.0923. The molecule has 2 heterocycles. The minimum Gasteiger partial charge on any atom is -0.352 e. The van der Waals surface area contributed by atoms with Crippen LogP contribution in [0.5, 0.6) is 0 Å². The molecule has 0 atom stereocenters. The molecule has 0 spiro atoms. The predicted molar refractivity (Wildman–Crippen MR) is 102 cm³/mol. The van der Waals surface area contributed by atoms with Crippen LogP contribution in [-0.4, -0.2) is 46.5 Å². The molecule has 3 rings (SSSR count). The van der Waals surface area contributed by atoms with Crippen molar-refractivity contribution < 1.29 is 4.79 Å². The minimum absolute atomic E-state index is 0.188. The molecule has 0 radical (unpaired) electrons. The number of benzene rings is 1. The lowest BCUT2D eigenvalue weighted by Crippen LogP contribution is -2.35. The van der Waals surface area contributed by atoms with Crippen LogP contribution in [0.25, 0.3) is 10.9 Å². The Kier molecular flexibility index (Phi) is 5.88. The van der Waals surface area contributed by atoms with Crippen molar-refractivity contribution in [1.82, 2.24) is 19.8 Å². The second-order valence-electron chi connectivity index (χ2n) is 6.81. The summed E-state index contributed by atoms with van der Waals surface area (Å²) in [5.74, 6) is -0.188. The molecule has 1 aromatic carbocycles. The van der Waals surface area contributed by atoms with Crippen LogP contribution in [0.15, 0.2) is 27.8 Å². The number of rotatable bonds is 7. The van der Waals surface area contributed by atoms with E-state index in [4.69, 9.17) is 0 Å². The van der Waals surface area contributed by atoms with Crippen LogP contribution in [0.2, 0.25) is 0 Å². The first-order valence-electron chi connectivity index (χ1n) is 9.37. The molecule has 7 heteroatoms. The number of hydrogen-bond donors (Lipinski definition) is 2. The molecule has 140 valence electrons. The average Bonchev–Trinajstić information content (AvgIpc) is 3.15. The van der Waals surface area contributed by atoms with Crippen molar-refractivity contribution in [1.29, 1.82) is 0 Å². The molecule has 0 unspecified atom stereocenters. The number of carbonyl (C=O) groups excluding carboxylic acids is 1. The van der Waals surface area contributed by atoms with Crippen LogP contribution in [0.3, 0.4) is 0 Å². The number of nitrogens with zero attached hydrogens (tertiary/aromatic N) is 2. The summed E-state index contributed by atoms with van der Waals surface area (Å²) in [5, 5.41) is 3.33. The van der Waals surface area contributed by atoms with Gasteiger partial charge in [-0.15, -0.1) is 0 Å². The Labute approximate surface area is 152 Å². The number of H-pyrrole nitrogens is 1. The monoisotopic (exact) mass is 358 g/mol. The highest BCUT2D eigenvalue weighted by atomic mass is 16.2. The molecule has 0 saturated carbocycles. The number of aromatic nitrogens is 2. The van der Waals surface area contributed by atoms with Gasteiger partial charge in [-0.05, 0) is 63.5 Å². The first-order chi connectivity index (χ1) is 12.6. The van der Waals surface area contributed by atoms with Gasteiger partial charge in [0, 0.05) is 18.7 Å². The molecular weight excluding hydrogens is 332 g/mol. The summed E-state index contributed by atoms with van der Waals surface area (Å²) in [6.45, 7) is 6.21. The van der Waals surface area contributed by atoms with Crippen LogP contribution in [0.4, 0.5) is 0 Å². The zero-order valence-corrected chi connectivity index (χ0v) is 15.2. The number of aromatic amines is 1. The maximum Gasteiger partial charge on any atom is 0.328 e. The van der Waals surface area contributed by atoms with E-state index in [1.165, 1.54) is 17.4 Å². The van der Waals surface area contributed by atoms with E-state index in [1.807, 2.05) is 6.92 Å².